The molecular weight excluding hydrogens is 440 g/mol. The summed E-state index contributed by atoms with van der Waals surface area (Å²) >= 11 is 0. The Morgan fingerprint density at radius 3 is 2.76 bits per heavy atom. The standard InChI is InChI=1S/C24H28N4O6/c1-15(14-29)33-18-10-16(23(30)27-22(25)6-7-26-2)11-19(12-18)34-17-4-5-20-21(13-17)32-9-8-28(3)24(20)31/h4-7,10-13,15,26,29H,8-9,14H2,1-3H3,(H2,25,27,30)/b7-6-/t15-/m0/s1. The molecule has 2 aromatic carbocycles. The minimum absolute atomic E-state index is 0.102. The summed E-state index contributed by atoms with van der Waals surface area (Å²) in [4.78, 5) is 26.7. The minimum atomic E-state index is -0.531. The third-order valence-electron chi connectivity index (χ3n) is 4.85. The van der Waals surface area contributed by atoms with Crippen molar-refractivity contribution in [2.24, 2.45) is 0 Å². The number of likely N-dealkylation sites (N-methyl/N-ethyl adjacent to an activating group) is 1. The summed E-state index contributed by atoms with van der Waals surface area (Å²) in [7, 11) is 3.39. The van der Waals surface area contributed by atoms with Gasteiger partial charge in [-0.15, -0.1) is 0 Å². The first kappa shape index (κ1) is 24.6. The molecule has 2 aromatic rings. The molecule has 0 aliphatic carbocycles. The summed E-state index contributed by atoms with van der Waals surface area (Å²) in [5.41, 5.74) is 0.637. The molecule has 10 nitrogen and oxygen atoms in total. The van der Waals surface area contributed by atoms with Gasteiger partial charge in [0.15, 0.2) is 0 Å². The topological polar surface area (TPSA) is 133 Å². The molecule has 10 heteroatoms. The van der Waals surface area contributed by atoms with Crippen molar-refractivity contribution in [1.82, 2.24) is 15.5 Å². The zero-order chi connectivity index (χ0) is 24.7. The van der Waals surface area contributed by atoms with Gasteiger partial charge in [-0.25, -0.2) is 0 Å². The average molecular weight is 469 g/mol. The van der Waals surface area contributed by atoms with E-state index in [0.29, 0.717) is 41.7 Å². The molecule has 2 amide bonds. The van der Waals surface area contributed by atoms with Crippen LogP contribution in [-0.4, -0.2) is 67.6 Å². The van der Waals surface area contributed by atoms with Crippen molar-refractivity contribution in [3.63, 3.8) is 0 Å². The van der Waals surface area contributed by atoms with Gasteiger partial charge >= 0.3 is 0 Å². The van der Waals surface area contributed by atoms with Gasteiger partial charge in [0.1, 0.15) is 41.5 Å². The number of hydrogen-bond donors (Lipinski definition) is 4. The van der Waals surface area contributed by atoms with E-state index in [0.717, 1.165) is 0 Å². The number of amides is 2. The van der Waals surface area contributed by atoms with Crippen LogP contribution >= 0.6 is 0 Å². The van der Waals surface area contributed by atoms with Gasteiger partial charge in [0.25, 0.3) is 11.8 Å². The van der Waals surface area contributed by atoms with Gasteiger partial charge < -0.3 is 34.9 Å². The van der Waals surface area contributed by atoms with Gasteiger partial charge in [-0.3, -0.25) is 15.0 Å². The van der Waals surface area contributed by atoms with Crippen molar-refractivity contribution in [1.29, 1.82) is 5.41 Å². The third-order valence-corrected chi connectivity index (χ3v) is 4.85. The quantitative estimate of drug-likeness (QED) is 0.345. The molecule has 3 rings (SSSR count). The van der Waals surface area contributed by atoms with Gasteiger partial charge in [-0.05, 0) is 43.5 Å². The monoisotopic (exact) mass is 468 g/mol. The normalized spacial score (nSPS) is 14.0. The second-order valence-corrected chi connectivity index (χ2v) is 7.63. The van der Waals surface area contributed by atoms with E-state index in [1.54, 1.807) is 50.2 Å². The predicted molar refractivity (Wildman–Crippen MR) is 126 cm³/mol. The second kappa shape index (κ2) is 11.2. The van der Waals surface area contributed by atoms with Crippen LogP contribution in [0.1, 0.15) is 27.6 Å². The lowest BCUT2D eigenvalue weighted by atomic mass is 10.1. The van der Waals surface area contributed by atoms with Gasteiger partial charge in [0.2, 0.25) is 0 Å². The number of aliphatic hydroxyl groups excluding tert-OH is 1. The van der Waals surface area contributed by atoms with Crippen LogP contribution in [0.15, 0.2) is 48.7 Å². The number of carbonyl (C=O) groups is 2. The average Bonchev–Trinajstić information content (AvgIpc) is 2.95. The number of amidine groups is 1. The van der Waals surface area contributed by atoms with E-state index in [1.807, 2.05) is 0 Å². The zero-order valence-corrected chi connectivity index (χ0v) is 19.3. The number of ether oxygens (including phenoxy) is 3. The number of nitrogens with zero attached hydrogens (tertiary/aromatic N) is 1. The summed E-state index contributed by atoms with van der Waals surface area (Å²) in [6.07, 6.45) is 2.41. The van der Waals surface area contributed by atoms with Crippen molar-refractivity contribution in [3.05, 3.63) is 59.8 Å². The molecule has 0 radical (unpaired) electrons. The van der Waals surface area contributed by atoms with Crippen LogP contribution < -0.4 is 24.8 Å². The molecule has 34 heavy (non-hydrogen) atoms. The lowest BCUT2D eigenvalue weighted by Crippen LogP contribution is -2.28. The van der Waals surface area contributed by atoms with Crippen LogP contribution in [-0.2, 0) is 0 Å². The molecule has 0 saturated carbocycles. The third kappa shape index (κ3) is 6.26. The Kier molecular flexibility index (Phi) is 8.10. The molecule has 0 spiro atoms. The van der Waals surface area contributed by atoms with E-state index in [9.17, 15) is 14.7 Å². The predicted octanol–water partition coefficient (Wildman–Crippen LogP) is 2.14. The van der Waals surface area contributed by atoms with Crippen molar-refractivity contribution in [3.8, 4) is 23.0 Å². The van der Waals surface area contributed by atoms with Crippen molar-refractivity contribution in [2.75, 3.05) is 33.9 Å². The zero-order valence-electron chi connectivity index (χ0n) is 19.3. The molecule has 1 atom stereocenters. The summed E-state index contributed by atoms with van der Waals surface area (Å²) in [6, 6.07) is 9.48. The smallest absolute Gasteiger partial charge is 0.257 e. The number of nitrogens with one attached hydrogen (secondary N) is 3. The molecule has 0 aromatic heterocycles. The van der Waals surface area contributed by atoms with E-state index >= 15 is 0 Å². The number of rotatable bonds is 8. The lowest BCUT2D eigenvalue weighted by molar-refractivity contribution is 0.0796. The number of fused-ring (bicyclic) bond motifs is 1. The van der Waals surface area contributed by atoms with Crippen molar-refractivity contribution >= 4 is 17.6 Å². The Morgan fingerprint density at radius 2 is 2.03 bits per heavy atom. The maximum atomic E-state index is 12.7. The van der Waals surface area contributed by atoms with Crippen LogP contribution in [0.5, 0.6) is 23.0 Å². The summed E-state index contributed by atoms with van der Waals surface area (Å²) in [6.45, 7) is 2.31. The molecule has 1 heterocycles. The van der Waals surface area contributed by atoms with Crippen LogP contribution in [0, 0.1) is 5.41 Å². The van der Waals surface area contributed by atoms with Gasteiger partial charge in [-0.2, -0.15) is 0 Å². The van der Waals surface area contributed by atoms with Crippen LogP contribution in [0.25, 0.3) is 0 Å². The summed E-state index contributed by atoms with van der Waals surface area (Å²) in [5.74, 6) is 0.647. The van der Waals surface area contributed by atoms with Crippen LogP contribution in [0.3, 0.4) is 0 Å². The highest BCUT2D eigenvalue weighted by Gasteiger charge is 2.21. The van der Waals surface area contributed by atoms with Gasteiger partial charge in [0.05, 0.1) is 18.7 Å². The maximum absolute atomic E-state index is 12.7. The highest BCUT2D eigenvalue weighted by molar-refractivity contribution is 6.09. The van der Waals surface area contributed by atoms with E-state index in [4.69, 9.17) is 19.6 Å². The van der Waals surface area contributed by atoms with Crippen molar-refractivity contribution < 1.29 is 28.9 Å². The fourth-order valence-corrected chi connectivity index (χ4v) is 3.10. The Balaban J connectivity index is 1.89. The van der Waals surface area contributed by atoms with Crippen molar-refractivity contribution in [2.45, 2.75) is 13.0 Å². The van der Waals surface area contributed by atoms with Crippen LogP contribution in [0.4, 0.5) is 0 Å². The molecule has 180 valence electrons. The highest BCUT2D eigenvalue weighted by atomic mass is 16.5. The van der Waals surface area contributed by atoms with E-state index in [-0.39, 0.29) is 23.9 Å². The summed E-state index contributed by atoms with van der Waals surface area (Å²) < 4.78 is 17.3. The van der Waals surface area contributed by atoms with Crippen LogP contribution in [0.2, 0.25) is 0 Å². The SMILES string of the molecule is CN/C=C\C(=N)NC(=O)c1cc(Oc2ccc3c(c2)OCCN(C)C3=O)cc(O[C@@H](C)CO)c1. The molecule has 4 N–H and O–H groups in total. The molecule has 0 bridgehead atoms. The number of aliphatic hydroxyl groups is 1. The first-order valence-electron chi connectivity index (χ1n) is 10.7. The Labute approximate surface area is 197 Å². The molecule has 0 unspecified atom stereocenters. The van der Waals surface area contributed by atoms with E-state index in [2.05, 4.69) is 10.6 Å². The molecule has 1 aliphatic rings. The van der Waals surface area contributed by atoms with E-state index in [1.165, 1.54) is 24.4 Å². The largest absolute Gasteiger partial charge is 0.491 e. The van der Waals surface area contributed by atoms with Gasteiger partial charge in [-0.1, -0.05) is 0 Å². The molecule has 0 saturated heterocycles. The fraction of sp³-hybridized carbons (Fsp3) is 0.292. The van der Waals surface area contributed by atoms with E-state index < -0.39 is 12.0 Å². The minimum Gasteiger partial charge on any atom is -0.491 e. The first-order chi connectivity index (χ1) is 16.3. The number of benzene rings is 2. The lowest BCUT2D eigenvalue weighted by Gasteiger charge is -2.16. The Morgan fingerprint density at radius 1 is 1.26 bits per heavy atom. The summed E-state index contributed by atoms with van der Waals surface area (Å²) in [5, 5.41) is 22.4. The number of hydrogen-bond acceptors (Lipinski definition) is 8. The Hall–Kier alpha value is -4.05. The molecule has 1 aliphatic heterocycles. The second-order valence-electron chi connectivity index (χ2n) is 7.63. The van der Waals surface area contributed by atoms with Gasteiger partial charge in [0, 0.05) is 31.8 Å². The number of carbonyl (C=O) groups excluding carboxylic acids is 2. The molecular formula is C24H28N4O6. The fourth-order valence-electron chi connectivity index (χ4n) is 3.10. The maximum Gasteiger partial charge on any atom is 0.257 e. The molecule has 0 fully saturated rings. The Bertz CT molecular complexity index is 1100. The highest BCUT2D eigenvalue weighted by Crippen LogP contribution is 2.32. The first-order valence-corrected chi connectivity index (χ1v) is 10.7.